The number of hydroxylamine groups is 2. The Hall–Kier alpha value is -4.00. The Morgan fingerprint density at radius 3 is 2.11 bits per heavy atom. The monoisotopic (exact) mass is 360 g/mol. The second-order valence-corrected chi connectivity index (χ2v) is 5.60. The summed E-state index contributed by atoms with van der Waals surface area (Å²) in [5.41, 5.74) is 0.432. The van der Waals surface area contributed by atoms with Crippen molar-refractivity contribution in [1.82, 2.24) is 10.0 Å². The summed E-state index contributed by atoms with van der Waals surface area (Å²) in [6.07, 6.45) is 1.55. The van der Waals surface area contributed by atoms with Crippen molar-refractivity contribution in [3.05, 3.63) is 89.6 Å². The van der Waals surface area contributed by atoms with E-state index in [1.165, 1.54) is 18.2 Å². The number of benzene rings is 2. The van der Waals surface area contributed by atoms with Crippen LogP contribution in [0.15, 0.2) is 72.9 Å². The molecule has 1 aromatic heterocycles. The molecule has 2 amide bonds. The smallest absolute Gasteiger partial charge is 0.367 e. The third-order valence-electron chi connectivity index (χ3n) is 3.89. The van der Waals surface area contributed by atoms with E-state index in [1.54, 1.807) is 54.7 Å². The summed E-state index contributed by atoms with van der Waals surface area (Å²) in [5, 5.41) is 0.463. The molecule has 7 nitrogen and oxygen atoms in total. The van der Waals surface area contributed by atoms with E-state index in [0.717, 1.165) is 0 Å². The first-order valence-corrected chi connectivity index (χ1v) is 8.03. The van der Waals surface area contributed by atoms with Crippen LogP contribution in [-0.2, 0) is 4.84 Å². The lowest BCUT2D eigenvalue weighted by Crippen LogP contribution is -2.32. The van der Waals surface area contributed by atoms with Crippen molar-refractivity contribution in [2.24, 2.45) is 0 Å². The Morgan fingerprint density at radius 2 is 1.44 bits per heavy atom. The third kappa shape index (κ3) is 3.02. The first-order chi connectivity index (χ1) is 13.1. The topological polar surface area (TPSA) is 85.8 Å². The van der Waals surface area contributed by atoms with E-state index < -0.39 is 17.8 Å². The fourth-order valence-corrected chi connectivity index (χ4v) is 2.63. The zero-order valence-corrected chi connectivity index (χ0v) is 13.9. The Balaban J connectivity index is 1.58. The minimum Gasteiger partial charge on any atom is -0.438 e. The van der Waals surface area contributed by atoms with Gasteiger partial charge in [-0.2, -0.15) is 0 Å². The maximum Gasteiger partial charge on any atom is 0.367 e. The lowest BCUT2D eigenvalue weighted by molar-refractivity contribution is -0.0586. The van der Waals surface area contributed by atoms with Gasteiger partial charge in [0, 0.05) is 12.3 Å². The van der Waals surface area contributed by atoms with Crippen LogP contribution in [0.1, 0.15) is 31.1 Å². The number of para-hydroxylation sites is 1. The molecule has 0 fully saturated rings. The molecular formula is C20H12N2O5. The predicted octanol–water partition coefficient (Wildman–Crippen LogP) is 3.24. The number of fused-ring (bicyclic) bond motifs is 1. The first-order valence-electron chi connectivity index (χ1n) is 8.03. The van der Waals surface area contributed by atoms with Crippen molar-refractivity contribution in [3.63, 3.8) is 0 Å². The van der Waals surface area contributed by atoms with Crippen molar-refractivity contribution >= 4 is 17.8 Å². The normalized spacial score (nSPS) is 12.7. The molecule has 0 atom stereocenters. The van der Waals surface area contributed by atoms with E-state index in [1.807, 2.05) is 0 Å². The molecule has 2 aromatic carbocycles. The molecule has 0 aliphatic carbocycles. The van der Waals surface area contributed by atoms with Crippen LogP contribution in [0, 0.1) is 0 Å². The van der Waals surface area contributed by atoms with Crippen molar-refractivity contribution in [1.29, 1.82) is 0 Å². The van der Waals surface area contributed by atoms with Crippen LogP contribution in [0.25, 0.3) is 0 Å². The SMILES string of the molecule is O=C(ON1C(=O)c2ccccc2C1=O)c1ccccc1Oc1ccccn1. The minimum absolute atomic E-state index is 0.0553. The number of amides is 2. The highest BCUT2D eigenvalue weighted by atomic mass is 16.7. The van der Waals surface area contributed by atoms with Gasteiger partial charge in [0.1, 0.15) is 11.3 Å². The number of ether oxygens (including phenoxy) is 1. The highest BCUT2D eigenvalue weighted by Gasteiger charge is 2.39. The van der Waals surface area contributed by atoms with E-state index in [9.17, 15) is 14.4 Å². The molecule has 0 spiro atoms. The second kappa shape index (κ2) is 6.72. The number of hydrogen-bond donors (Lipinski definition) is 0. The summed E-state index contributed by atoms with van der Waals surface area (Å²) >= 11 is 0. The van der Waals surface area contributed by atoms with E-state index in [0.29, 0.717) is 10.9 Å². The molecule has 2 heterocycles. The number of carbonyl (C=O) groups excluding carboxylic acids is 3. The maximum atomic E-state index is 12.6. The minimum atomic E-state index is -0.893. The van der Waals surface area contributed by atoms with Crippen molar-refractivity contribution in [2.75, 3.05) is 0 Å². The average molecular weight is 360 g/mol. The number of rotatable bonds is 4. The summed E-state index contributed by atoms with van der Waals surface area (Å²) in [6, 6.07) is 17.7. The van der Waals surface area contributed by atoms with Gasteiger partial charge in [0.05, 0.1) is 11.1 Å². The summed E-state index contributed by atoms with van der Waals surface area (Å²) in [6.45, 7) is 0. The molecule has 1 aliphatic heterocycles. The predicted molar refractivity (Wildman–Crippen MR) is 93.1 cm³/mol. The number of carbonyl (C=O) groups is 3. The summed E-state index contributed by atoms with van der Waals surface area (Å²) < 4.78 is 5.61. The van der Waals surface area contributed by atoms with Crippen molar-refractivity contribution < 1.29 is 24.0 Å². The van der Waals surface area contributed by atoms with E-state index in [4.69, 9.17) is 9.57 Å². The van der Waals surface area contributed by atoms with Gasteiger partial charge in [0.15, 0.2) is 0 Å². The number of nitrogens with zero attached hydrogens (tertiary/aromatic N) is 2. The third-order valence-corrected chi connectivity index (χ3v) is 3.89. The quantitative estimate of drug-likeness (QED) is 0.664. The Kier molecular flexibility index (Phi) is 4.10. The van der Waals surface area contributed by atoms with Crippen LogP contribution in [0.2, 0.25) is 0 Å². The highest BCUT2D eigenvalue weighted by Crippen LogP contribution is 2.27. The molecule has 0 radical (unpaired) electrons. The molecular weight excluding hydrogens is 348 g/mol. The van der Waals surface area contributed by atoms with E-state index in [-0.39, 0.29) is 22.4 Å². The molecule has 0 unspecified atom stereocenters. The second-order valence-electron chi connectivity index (χ2n) is 5.60. The van der Waals surface area contributed by atoms with Gasteiger partial charge < -0.3 is 9.57 Å². The standard InChI is InChI=1S/C20H12N2O5/c23-18-13-7-1-2-8-14(13)19(24)22(18)27-20(25)15-9-3-4-10-16(15)26-17-11-5-6-12-21-17/h1-12H. The maximum absolute atomic E-state index is 12.6. The van der Waals surface area contributed by atoms with Crippen LogP contribution >= 0.6 is 0 Å². The van der Waals surface area contributed by atoms with Gasteiger partial charge in [-0.3, -0.25) is 9.59 Å². The van der Waals surface area contributed by atoms with E-state index >= 15 is 0 Å². The van der Waals surface area contributed by atoms with Crippen LogP contribution in [0.5, 0.6) is 11.6 Å². The van der Waals surface area contributed by atoms with Crippen LogP contribution < -0.4 is 4.74 Å². The number of aromatic nitrogens is 1. The highest BCUT2D eigenvalue weighted by molar-refractivity contribution is 6.21. The van der Waals surface area contributed by atoms with Gasteiger partial charge in [-0.1, -0.05) is 35.4 Å². The summed E-state index contributed by atoms with van der Waals surface area (Å²) in [5.74, 6) is -1.79. The van der Waals surface area contributed by atoms with Crippen molar-refractivity contribution in [3.8, 4) is 11.6 Å². The fraction of sp³-hybridized carbons (Fsp3) is 0. The molecule has 0 bridgehead atoms. The first kappa shape index (κ1) is 16.5. The Bertz CT molecular complexity index is 1010. The van der Waals surface area contributed by atoms with Gasteiger partial charge in [0.25, 0.3) is 11.8 Å². The molecule has 4 rings (SSSR count). The molecule has 132 valence electrons. The number of hydrogen-bond acceptors (Lipinski definition) is 6. The molecule has 7 heteroatoms. The summed E-state index contributed by atoms with van der Waals surface area (Å²) in [7, 11) is 0. The van der Waals surface area contributed by atoms with Gasteiger partial charge >= 0.3 is 5.97 Å². The van der Waals surface area contributed by atoms with Crippen LogP contribution in [0.3, 0.4) is 0 Å². The number of imide groups is 1. The lowest BCUT2D eigenvalue weighted by atomic mass is 10.1. The average Bonchev–Trinajstić information content (AvgIpc) is 2.94. The fourth-order valence-electron chi connectivity index (χ4n) is 2.63. The zero-order valence-electron chi connectivity index (χ0n) is 13.9. The van der Waals surface area contributed by atoms with Gasteiger partial charge in [-0.25, -0.2) is 9.78 Å². The molecule has 1 aliphatic rings. The van der Waals surface area contributed by atoms with Gasteiger partial charge in [0.2, 0.25) is 5.88 Å². The van der Waals surface area contributed by atoms with E-state index in [2.05, 4.69) is 4.98 Å². The lowest BCUT2D eigenvalue weighted by Gasteiger charge is -2.14. The molecule has 3 aromatic rings. The summed E-state index contributed by atoms with van der Waals surface area (Å²) in [4.78, 5) is 46.4. The zero-order chi connectivity index (χ0) is 18.8. The molecule has 27 heavy (non-hydrogen) atoms. The van der Waals surface area contributed by atoms with Crippen LogP contribution in [-0.4, -0.2) is 27.8 Å². The molecule has 0 saturated carbocycles. The number of pyridine rings is 1. The largest absolute Gasteiger partial charge is 0.438 e. The Labute approximate surface area is 153 Å². The van der Waals surface area contributed by atoms with Crippen LogP contribution in [0.4, 0.5) is 0 Å². The van der Waals surface area contributed by atoms with Gasteiger partial charge in [-0.15, -0.1) is 0 Å². The Morgan fingerprint density at radius 1 is 0.815 bits per heavy atom. The molecule has 0 saturated heterocycles. The van der Waals surface area contributed by atoms with Crippen molar-refractivity contribution in [2.45, 2.75) is 0 Å². The van der Waals surface area contributed by atoms with Gasteiger partial charge in [-0.05, 0) is 30.3 Å². The molecule has 0 N–H and O–H groups in total.